The lowest BCUT2D eigenvalue weighted by atomic mass is 9.99. The molecule has 0 spiro atoms. The molecule has 0 unspecified atom stereocenters. The van der Waals surface area contributed by atoms with Gasteiger partial charge in [-0.05, 0) is 36.8 Å². The van der Waals surface area contributed by atoms with Crippen LogP contribution in [0.1, 0.15) is 32.8 Å². The topological polar surface area (TPSA) is 72.5 Å². The van der Waals surface area contributed by atoms with Crippen molar-refractivity contribution < 1.29 is 19.1 Å². The Hall–Kier alpha value is -1.47. The highest BCUT2D eigenvalue weighted by Gasteiger charge is 2.27. The molecule has 0 aliphatic carbocycles. The molecule has 1 aromatic rings. The van der Waals surface area contributed by atoms with E-state index in [1.54, 1.807) is 18.7 Å². The maximum Gasteiger partial charge on any atom is 0.328 e. The number of carbonyl (C=O) groups excluding carboxylic acids is 3. The van der Waals surface area contributed by atoms with Crippen LogP contribution >= 0.6 is 23.5 Å². The van der Waals surface area contributed by atoms with Crippen molar-refractivity contribution >= 4 is 40.5 Å². The van der Waals surface area contributed by atoms with E-state index in [0.29, 0.717) is 18.6 Å². The summed E-state index contributed by atoms with van der Waals surface area (Å²) >= 11 is 2.85. The molecule has 0 aliphatic rings. The third kappa shape index (κ3) is 9.86. The number of esters is 1. The summed E-state index contributed by atoms with van der Waals surface area (Å²) < 4.78 is 5.11. The molecule has 0 heterocycles. The predicted octanol–water partition coefficient (Wildman–Crippen LogP) is 3.32. The molecule has 0 radical (unpaired) electrons. The van der Waals surface area contributed by atoms with E-state index in [4.69, 9.17) is 4.74 Å². The smallest absolute Gasteiger partial charge is 0.328 e. The van der Waals surface area contributed by atoms with Gasteiger partial charge in [-0.2, -0.15) is 11.8 Å². The number of amides is 1. The van der Waals surface area contributed by atoms with Crippen molar-refractivity contribution in [2.24, 2.45) is 5.92 Å². The minimum Gasteiger partial charge on any atom is -0.464 e. The molecule has 0 fully saturated rings. The van der Waals surface area contributed by atoms with Gasteiger partial charge in [-0.3, -0.25) is 9.59 Å². The fourth-order valence-corrected chi connectivity index (χ4v) is 3.87. The standard InChI is InChI=1S/C20H29NO4S2/c1-4-25-20(24)18(11-12-26-5-2)21-19(23)17(14-27-15(3)22)13-16-9-7-6-8-10-16/h6-10,17-18H,4-5,11-14H2,1-3H3,(H,21,23)/t17-,18-/m0/s1. The zero-order chi connectivity index (χ0) is 20.1. The normalized spacial score (nSPS) is 12.9. The van der Waals surface area contributed by atoms with Crippen LogP contribution in [0.25, 0.3) is 0 Å². The highest BCUT2D eigenvalue weighted by atomic mass is 32.2. The van der Waals surface area contributed by atoms with Gasteiger partial charge in [0.15, 0.2) is 5.12 Å². The van der Waals surface area contributed by atoms with Crippen LogP contribution in [0.15, 0.2) is 30.3 Å². The zero-order valence-electron chi connectivity index (χ0n) is 16.2. The Labute approximate surface area is 170 Å². The van der Waals surface area contributed by atoms with Gasteiger partial charge in [0.25, 0.3) is 0 Å². The number of benzene rings is 1. The van der Waals surface area contributed by atoms with Crippen molar-refractivity contribution in [3.63, 3.8) is 0 Å². The highest BCUT2D eigenvalue weighted by Crippen LogP contribution is 2.17. The van der Waals surface area contributed by atoms with Gasteiger partial charge in [-0.15, -0.1) is 0 Å². The quantitative estimate of drug-likeness (QED) is 0.420. The summed E-state index contributed by atoms with van der Waals surface area (Å²) in [7, 11) is 0. The van der Waals surface area contributed by atoms with Crippen molar-refractivity contribution in [2.75, 3.05) is 23.9 Å². The first-order chi connectivity index (χ1) is 13.0. The van der Waals surface area contributed by atoms with Crippen molar-refractivity contribution in [2.45, 2.75) is 39.7 Å². The van der Waals surface area contributed by atoms with Crippen LogP contribution < -0.4 is 5.32 Å². The number of thioether (sulfide) groups is 2. The third-order valence-electron chi connectivity index (χ3n) is 3.83. The van der Waals surface area contributed by atoms with E-state index in [-0.39, 0.29) is 17.6 Å². The molecule has 0 aromatic heterocycles. The molecule has 2 atom stereocenters. The molecule has 7 heteroatoms. The lowest BCUT2D eigenvalue weighted by Crippen LogP contribution is -2.45. The van der Waals surface area contributed by atoms with Crippen LogP contribution in [0, 0.1) is 5.92 Å². The van der Waals surface area contributed by atoms with Gasteiger partial charge in [-0.1, -0.05) is 49.0 Å². The fourth-order valence-electron chi connectivity index (χ4n) is 2.47. The van der Waals surface area contributed by atoms with Gasteiger partial charge >= 0.3 is 5.97 Å². The minimum atomic E-state index is -0.655. The van der Waals surface area contributed by atoms with Gasteiger partial charge < -0.3 is 10.1 Å². The van der Waals surface area contributed by atoms with E-state index in [1.165, 1.54) is 6.92 Å². The van der Waals surface area contributed by atoms with E-state index in [1.807, 2.05) is 30.3 Å². The Morgan fingerprint density at radius 2 is 1.85 bits per heavy atom. The maximum absolute atomic E-state index is 12.9. The second-order valence-corrected chi connectivity index (χ2v) is 8.58. The largest absolute Gasteiger partial charge is 0.464 e. The minimum absolute atomic E-state index is 0.0258. The van der Waals surface area contributed by atoms with Gasteiger partial charge in [0.05, 0.1) is 12.5 Å². The number of nitrogens with one attached hydrogen (secondary N) is 1. The van der Waals surface area contributed by atoms with Gasteiger partial charge in [0.1, 0.15) is 6.04 Å². The molecule has 1 amide bonds. The zero-order valence-corrected chi connectivity index (χ0v) is 17.9. The number of hydrogen-bond acceptors (Lipinski definition) is 6. The molecule has 1 rings (SSSR count). The lowest BCUT2D eigenvalue weighted by Gasteiger charge is -2.21. The fraction of sp³-hybridized carbons (Fsp3) is 0.550. The van der Waals surface area contributed by atoms with Crippen LogP contribution in [-0.4, -0.2) is 46.9 Å². The van der Waals surface area contributed by atoms with Crippen LogP contribution in [0.4, 0.5) is 0 Å². The first-order valence-electron chi connectivity index (χ1n) is 9.19. The molecule has 0 saturated carbocycles. The number of carbonyl (C=O) groups is 3. The first kappa shape index (κ1) is 23.6. The van der Waals surface area contributed by atoms with Crippen LogP contribution in [0.3, 0.4) is 0 Å². The van der Waals surface area contributed by atoms with Crippen LogP contribution in [-0.2, 0) is 25.5 Å². The molecule has 0 bridgehead atoms. The monoisotopic (exact) mass is 411 g/mol. The van der Waals surface area contributed by atoms with E-state index in [0.717, 1.165) is 28.8 Å². The van der Waals surface area contributed by atoms with Gasteiger partial charge in [-0.25, -0.2) is 4.79 Å². The maximum atomic E-state index is 12.9. The van der Waals surface area contributed by atoms with Crippen molar-refractivity contribution in [3.05, 3.63) is 35.9 Å². The summed E-state index contributed by atoms with van der Waals surface area (Å²) in [6.45, 7) is 5.57. The summed E-state index contributed by atoms with van der Waals surface area (Å²) in [5.41, 5.74) is 1.02. The van der Waals surface area contributed by atoms with E-state index in [9.17, 15) is 14.4 Å². The highest BCUT2D eigenvalue weighted by molar-refractivity contribution is 8.13. The van der Waals surface area contributed by atoms with E-state index < -0.39 is 17.9 Å². The van der Waals surface area contributed by atoms with Crippen LogP contribution in [0.5, 0.6) is 0 Å². The summed E-state index contributed by atoms with van der Waals surface area (Å²) in [6, 6.07) is 9.03. The average molecular weight is 412 g/mol. The molecule has 0 aliphatic heterocycles. The Kier molecular flexibility index (Phi) is 11.9. The molecular weight excluding hydrogens is 382 g/mol. The average Bonchev–Trinajstić information content (AvgIpc) is 2.65. The van der Waals surface area contributed by atoms with Gasteiger partial charge in [0.2, 0.25) is 5.91 Å². The van der Waals surface area contributed by atoms with Crippen molar-refractivity contribution in [3.8, 4) is 0 Å². The summed E-state index contributed by atoms with van der Waals surface area (Å²) in [6.07, 6.45) is 1.05. The second-order valence-electron chi connectivity index (χ2n) is 5.99. The van der Waals surface area contributed by atoms with Crippen molar-refractivity contribution in [1.82, 2.24) is 5.32 Å². The molecule has 1 aromatic carbocycles. The summed E-state index contributed by atoms with van der Waals surface area (Å²) in [5, 5.41) is 2.83. The second kappa shape index (κ2) is 13.7. The Morgan fingerprint density at radius 3 is 2.44 bits per heavy atom. The lowest BCUT2D eigenvalue weighted by molar-refractivity contribution is -0.147. The molecular formula is C20H29NO4S2. The summed E-state index contributed by atoms with van der Waals surface area (Å²) in [5.74, 6) is 1.10. The summed E-state index contributed by atoms with van der Waals surface area (Å²) in [4.78, 5) is 36.4. The predicted molar refractivity (Wildman–Crippen MR) is 113 cm³/mol. The Balaban J connectivity index is 2.81. The third-order valence-corrected chi connectivity index (χ3v) is 5.73. The molecule has 27 heavy (non-hydrogen) atoms. The SMILES string of the molecule is CCOC(=O)[C@H](CCSCC)NC(=O)[C@H](CSC(C)=O)Cc1ccccc1. The Morgan fingerprint density at radius 1 is 1.15 bits per heavy atom. The molecule has 150 valence electrons. The molecule has 0 saturated heterocycles. The molecule has 5 nitrogen and oxygen atoms in total. The molecule has 1 N–H and O–H groups in total. The number of ether oxygens (including phenoxy) is 1. The Bertz CT molecular complexity index is 595. The van der Waals surface area contributed by atoms with Crippen molar-refractivity contribution in [1.29, 1.82) is 0 Å². The first-order valence-corrected chi connectivity index (χ1v) is 11.3. The van der Waals surface area contributed by atoms with E-state index >= 15 is 0 Å². The van der Waals surface area contributed by atoms with Crippen LogP contribution in [0.2, 0.25) is 0 Å². The number of rotatable bonds is 12. The van der Waals surface area contributed by atoms with E-state index in [2.05, 4.69) is 12.2 Å². The number of hydrogen-bond donors (Lipinski definition) is 1. The van der Waals surface area contributed by atoms with Gasteiger partial charge in [0, 0.05) is 12.7 Å².